The number of carbonyl (C=O) groups excluding carboxylic acids is 1. The van der Waals surface area contributed by atoms with Crippen LogP contribution in [0.3, 0.4) is 0 Å². The predicted octanol–water partition coefficient (Wildman–Crippen LogP) is 0.0621. The molecule has 0 spiro atoms. The summed E-state index contributed by atoms with van der Waals surface area (Å²) in [5, 5.41) is 1.99. The van der Waals surface area contributed by atoms with E-state index < -0.39 is 27.3 Å². The molecule has 2 unspecified atom stereocenters. The first-order valence-electron chi connectivity index (χ1n) is 4.76. The van der Waals surface area contributed by atoms with Crippen LogP contribution in [0.25, 0.3) is 0 Å². The van der Waals surface area contributed by atoms with E-state index >= 15 is 0 Å². The third-order valence-corrected chi connectivity index (χ3v) is 5.07. The first kappa shape index (κ1) is 9.76. The topological polar surface area (TPSA) is 72.5 Å². The lowest BCUT2D eigenvalue weighted by molar-refractivity contribution is 0.135. The number of nitrogens with one attached hydrogen (secondary N) is 1. The van der Waals surface area contributed by atoms with Crippen molar-refractivity contribution in [2.24, 2.45) is 0 Å². The molecule has 2 atom stereocenters. The van der Waals surface area contributed by atoms with Gasteiger partial charge in [-0.1, -0.05) is 6.42 Å². The lowest BCUT2D eigenvalue weighted by Crippen LogP contribution is -2.40. The van der Waals surface area contributed by atoms with Crippen LogP contribution < -0.4 is 5.32 Å². The van der Waals surface area contributed by atoms with Crippen LogP contribution in [0.2, 0.25) is 0 Å². The zero-order valence-electron chi connectivity index (χ0n) is 7.73. The van der Waals surface area contributed by atoms with Gasteiger partial charge in [0.25, 0.3) is 0 Å². The predicted molar refractivity (Wildman–Crippen MR) is 49.7 cm³/mol. The Bertz CT molecular complexity index is 337. The average molecular weight is 219 g/mol. The second kappa shape index (κ2) is 3.42. The summed E-state index contributed by atoms with van der Waals surface area (Å²) < 4.78 is 28.2. The molecule has 0 radical (unpaired) electrons. The Balaban J connectivity index is 2.12. The maximum Gasteiger partial charge on any atom is 0.407 e. The van der Waals surface area contributed by atoms with Gasteiger partial charge in [-0.3, -0.25) is 0 Å². The number of hydrogen-bond donors (Lipinski definition) is 1. The van der Waals surface area contributed by atoms with Gasteiger partial charge in [-0.25, -0.2) is 13.2 Å². The van der Waals surface area contributed by atoms with Crippen molar-refractivity contribution < 1.29 is 17.9 Å². The molecular weight excluding hydrogens is 206 g/mol. The molecule has 0 aromatic carbocycles. The molecule has 0 aromatic rings. The molecule has 1 N–H and O–H groups in total. The summed E-state index contributed by atoms with van der Waals surface area (Å²) in [4.78, 5) is 10.8. The van der Waals surface area contributed by atoms with Crippen molar-refractivity contribution in [3.8, 4) is 0 Å². The van der Waals surface area contributed by atoms with E-state index in [2.05, 4.69) is 5.32 Å². The molecule has 2 rings (SSSR count). The van der Waals surface area contributed by atoms with E-state index in [1.54, 1.807) is 0 Å². The minimum Gasteiger partial charge on any atom is -0.443 e. The number of hydrogen-bond acceptors (Lipinski definition) is 4. The van der Waals surface area contributed by atoms with Crippen molar-refractivity contribution in [2.45, 2.75) is 30.6 Å². The zero-order chi connectivity index (χ0) is 10.2. The Labute approximate surface area is 82.7 Å². The van der Waals surface area contributed by atoms with Crippen LogP contribution in [0.4, 0.5) is 4.79 Å². The van der Waals surface area contributed by atoms with Gasteiger partial charge in [0, 0.05) is 0 Å². The Morgan fingerprint density at radius 2 is 2.14 bits per heavy atom. The molecule has 2 saturated heterocycles. The van der Waals surface area contributed by atoms with Gasteiger partial charge >= 0.3 is 6.09 Å². The fourth-order valence-electron chi connectivity index (χ4n) is 2.01. The van der Waals surface area contributed by atoms with Crippen molar-refractivity contribution in [1.82, 2.24) is 5.32 Å². The van der Waals surface area contributed by atoms with Gasteiger partial charge in [-0.05, 0) is 12.8 Å². The number of cyclic esters (lactones) is 1. The van der Waals surface area contributed by atoms with Gasteiger partial charge in [0.05, 0.1) is 12.3 Å². The van der Waals surface area contributed by atoms with Crippen molar-refractivity contribution in [2.75, 3.05) is 12.3 Å². The highest BCUT2D eigenvalue weighted by Crippen LogP contribution is 2.25. The number of amides is 1. The van der Waals surface area contributed by atoms with Gasteiger partial charge in [0.2, 0.25) is 0 Å². The minimum atomic E-state index is -3.05. The van der Waals surface area contributed by atoms with E-state index in [4.69, 9.17) is 4.74 Å². The smallest absolute Gasteiger partial charge is 0.407 e. The summed E-state index contributed by atoms with van der Waals surface area (Å²) in [6.45, 7) is 0.322. The third-order valence-electron chi connectivity index (χ3n) is 2.75. The Kier molecular flexibility index (Phi) is 2.38. The van der Waals surface area contributed by atoms with E-state index in [0.717, 1.165) is 12.8 Å². The van der Waals surface area contributed by atoms with Crippen LogP contribution in [-0.2, 0) is 14.6 Å². The maximum atomic E-state index is 11.7. The van der Waals surface area contributed by atoms with E-state index in [-0.39, 0.29) is 5.75 Å². The van der Waals surface area contributed by atoms with Gasteiger partial charge in [-0.15, -0.1) is 0 Å². The molecule has 0 aliphatic carbocycles. The highest BCUT2D eigenvalue weighted by atomic mass is 32.2. The number of alkyl carbamates (subject to hydrolysis) is 1. The largest absolute Gasteiger partial charge is 0.443 e. The molecule has 0 aromatic heterocycles. The average Bonchev–Trinajstić information content (AvgIpc) is 2.51. The third kappa shape index (κ3) is 1.70. The fraction of sp³-hybridized carbons (Fsp3) is 0.875. The molecule has 1 amide bonds. The Morgan fingerprint density at radius 3 is 2.71 bits per heavy atom. The van der Waals surface area contributed by atoms with Crippen molar-refractivity contribution in [3.05, 3.63) is 0 Å². The number of carbonyl (C=O) groups is 1. The highest BCUT2D eigenvalue weighted by molar-refractivity contribution is 7.92. The second-order valence-corrected chi connectivity index (χ2v) is 6.07. The van der Waals surface area contributed by atoms with Crippen LogP contribution in [0.15, 0.2) is 0 Å². The van der Waals surface area contributed by atoms with E-state index in [0.29, 0.717) is 13.0 Å². The van der Waals surface area contributed by atoms with Gasteiger partial charge in [-0.2, -0.15) is 0 Å². The van der Waals surface area contributed by atoms with Crippen LogP contribution in [0.5, 0.6) is 0 Å². The summed E-state index contributed by atoms with van der Waals surface area (Å²) in [6.07, 6.45) is 1.26. The molecule has 2 aliphatic heterocycles. The first-order chi connectivity index (χ1) is 6.59. The van der Waals surface area contributed by atoms with Gasteiger partial charge in [0.15, 0.2) is 9.84 Å². The molecule has 6 heteroatoms. The second-order valence-electron chi connectivity index (χ2n) is 3.73. The molecule has 2 fully saturated rings. The molecule has 14 heavy (non-hydrogen) atoms. The quantitative estimate of drug-likeness (QED) is 0.677. The standard InChI is InChI=1S/C8H13NO4S/c10-8-9-5-6(13-8)7-3-1-2-4-14(7,11)12/h6-7H,1-5H2,(H,9,10). The maximum absolute atomic E-state index is 11.7. The molecule has 0 bridgehead atoms. The van der Waals surface area contributed by atoms with Gasteiger partial charge < -0.3 is 10.1 Å². The van der Waals surface area contributed by atoms with Crippen molar-refractivity contribution >= 4 is 15.9 Å². The van der Waals surface area contributed by atoms with Crippen LogP contribution in [0, 0.1) is 0 Å². The van der Waals surface area contributed by atoms with Crippen LogP contribution in [0.1, 0.15) is 19.3 Å². The summed E-state index contributed by atoms with van der Waals surface area (Å²) in [5.74, 6) is 0.228. The first-order valence-corrected chi connectivity index (χ1v) is 6.47. The fourth-order valence-corrected chi connectivity index (χ4v) is 4.06. The van der Waals surface area contributed by atoms with Crippen LogP contribution >= 0.6 is 0 Å². The van der Waals surface area contributed by atoms with Crippen molar-refractivity contribution in [3.63, 3.8) is 0 Å². The molecule has 2 aliphatic rings. The van der Waals surface area contributed by atoms with E-state index in [9.17, 15) is 13.2 Å². The van der Waals surface area contributed by atoms with Crippen molar-refractivity contribution in [1.29, 1.82) is 0 Å². The van der Waals surface area contributed by atoms with E-state index in [1.165, 1.54) is 0 Å². The number of ether oxygens (including phenoxy) is 1. The molecule has 0 saturated carbocycles. The molecule has 80 valence electrons. The monoisotopic (exact) mass is 219 g/mol. The molecule has 2 heterocycles. The zero-order valence-corrected chi connectivity index (χ0v) is 8.55. The SMILES string of the molecule is O=C1NCC(C2CCCCS2(=O)=O)O1. The molecular formula is C8H13NO4S. The Morgan fingerprint density at radius 1 is 1.36 bits per heavy atom. The van der Waals surface area contributed by atoms with Crippen LogP contribution in [-0.4, -0.2) is 38.2 Å². The summed E-state index contributed by atoms with van der Waals surface area (Å²) in [7, 11) is -3.05. The highest BCUT2D eigenvalue weighted by Gasteiger charge is 2.40. The lowest BCUT2D eigenvalue weighted by Gasteiger charge is -2.25. The van der Waals surface area contributed by atoms with Gasteiger partial charge in [0.1, 0.15) is 11.4 Å². The van der Waals surface area contributed by atoms with E-state index in [1.807, 2.05) is 0 Å². The normalized spacial score (nSPS) is 36.1. The summed E-state index contributed by atoms with van der Waals surface area (Å²) >= 11 is 0. The molecule has 5 nitrogen and oxygen atoms in total. The number of rotatable bonds is 1. The lowest BCUT2D eigenvalue weighted by atomic mass is 10.1. The Hall–Kier alpha value is -0.780. The summed E-state index contributed by atoms with van der Waals surface area (Å²) in [5.41, 5.74) is 0. The number of sulfone groups is 1. The minimum absolute atomic E-state index is 0.228. The summed E-state index contributed by atoms with van der Waals surface area (Å²) in [6, 6.07) is 0.